The molecule has 0 N–H and O–H groups in total. The van der Waals surface area contributed by atoms with Gasteiger partial charge >= 0.3 is 0 Å². The molecule has 0 aliphatic carbocycles. The smallest absolute Gasteiger partial charge is 0.117 e. The average molecular weight is 347 g/mol. The van der Waals surface area contributed by atoms with Crippen LogP contribution in [0.4, 0.5) is 0 Å². The molecule has 0 spiro atoms. The highest BCUT2D eigenvalue weighted by atomic mass is 32.1. The van der Waals surface area contributed by atoms with Gasteiger partial charge in [0.25, 0.3) is 0 Å². The Morgan fingerprint density at radius 2 is 2.29 bits per heavy atom. The van der Waals surface area contributed by atoms with Crippen LogP contribution in [0.5, 0.6) is 0 Å². The molecule has 4 heterocycles. The second-order valence-electron chi connectivity index (χ2n) is 6.92. The highest BCUT2D eigenvalue weighted by molar-refractivity contribution is 7.09. The molecule has 0 aromatic carbocycles. The Kier molecular flexibility index (Phi) is 4.72. The van der Waals surface area contributed by atoms with E-state index in [9.17, 15) is 0 Å². The zero-order chi connectivity index (χ0) is 16.5. The van der Waals surface area contributed by atoms with Gasteiger partial charge < -0.3 is 9.15 Å². The molecule has 24 heavy (non-hydrogen) atoms. The lowest BCUT2D eigenvalue weighted by Crippen LogP contribution is -2.50. The minimum atomic E-state index is 0.367. The van der Waals surface area contributed by atoms with Gasteiger partial charge in [-0.1, -0.05) is 0 Å². The Labute approximate surface area is 147 Å². The number of ether oxygens (including phenoxy) is 1. The van der Waals surface area contributed by atoms with E-state index in [0.29, 0.717) is 18.1 Å². The van der Waals surface area contributed by atoms with Crippen LogP contribution in [0.25, 0.3) is 0 Å². The van der Waals surface area contributed by atoms with Crippen molar-refractivity contribution in [1.82, 2.24) is 14.8 Å². The van der Waals surface area contributed by atoms with E-state index in [-0.39, 0.29) is 0 Å². The molecule has 0 bridgehead atoms. The number of thiazole rings is 1. The summed E-state index contributed by atoms with van der Waals surface area (Å²) in [7, 11) is 1.86. The van der Waals surface area contributed by atoms with E-state index in [2.05, 4.69) is 33.2 Å². The molecule has 0 amide bonds. The Bertz CT molecular complexity index is 657. The summed E-state index contributed by atoms with van der Waals surface area (Å²) in [5, 5.41) is 3.37. The summed E-state index contributed by atoms with van der Waals surface area (Å²) in [4.78, 5) is 9.77. The van der Waals surface area contributed by atoms with Crippen molar-refractivity contribution in [2.45, 2.75) is 38.6 Å². The van der Waals surface area contributed by atoms with Crippen molar-refractivity contribution in [3.63, 3.8) is 0 Å². The minimum Gasteiger partial charge on any atom is -0.468 e. The molecule has 2 saturated heterocycles. The van der Waals surface area contributed by atoms with Crippen LogP contribution >= 0.6 is 11.3 Å². The SMILES string of the molecule is CO[C@@H]1CCN(Cc2nc(C)cs2)[C@H]2CN(Cc3ccco3)C[C@@H]12. The molecule has 2 aliphatic rings. The predicted octanol–water partition coefficient (Wildman–Crippen LogP) is 2.77. The fourth-order valence-electron chi connectivity index (χ4n) is 4.21. The Hall–Kier alpha value is -1.21. The van der Waals surface area contributed by atoms with Crippen LogP contribution in [-0.4, -0.2) is 53.7 Å². The first-order valence-corrected chi connectivity index (χ1v) is 9.53. The summed E-state index contributed by atoms with van der Waals surface area (Å²) in [6, 6.07) is 4.57. The zero-order valence-corrected chi connectivity index (χ0v) is 15.2. The summed E-state index contributed by atoms with van der Waals surface area (Å²) in [6.07, 6.45) is 3.23. The zero-order valence-electron chi connectivity index (χ0n) is 14.4. The van der Waals surface area contributed by atoms with Gasteiger partial charge in [-0.05, 0) is 25.5 Å². The Morgan fingerprint density at radius 1 is 1.38 bits per heavy atom. The molecular weight excluding hydrogens is 322 g/mol. The number of fused-ring (bicyclic) bond motifs is 1. The number of aromatic nitrogens is 1. The van der Waals surface area contributed by atoms with Crippen LogP contribution in [0.15, 0.2) is 28.2 Å². The number of likely N-dealkylation sites (tertiary alicyclic amines) is 2. The molecule has 0 radical (unpaired) electrons. The molecule has 0 saturated carbocycles. The van der Waals surface area contributed by atoms with Gasteiger partial charge in [-0.15, -0.1) is 11.3 Å². The molecule has 6 heteroatoms. The van der Waals surface area contributed by atoms with Crippen molar-refractivity contribution in [2.24, 2.45) is 5.92 Å². The fourth-order valence-corrected chi connectivity index (χ4v) is 5.01. The lowest BCUT2D eigenvalue weighted by atomic mass is 9.89. The third-order valence-electron chi connectivity index (χ3n) is 5.32. The van der Waals surface area contributed by atoms with Crippen molar-refractivity contribution in [1.29, 1.82) is 0 Å². The summed E-state index contributed by atoms with van der Waals surface area (Å²) in [6.45, 7) is 7.17. The first-order chi connectivity index (χ1) is 11.7. The molecule has 2 aromatic rings. The van der Waals surface area contributed by atoms with E-state index >= 15 is 0 Å². The molecule has 3 atom stereocenters. The van der Waals surface area contributed by atoms with Gasteiger partial charge in [-0.3, -0.25) is 9.80 Å². The summed E-state index contributed by atoms with van der Waals surface area (Å²) in [5.74, 6) is 1.62. The Morgan fingerprint density at radius 3 is 3.00 bits per heavy atom. The number of hydrogen-bond acceptors (Lipinski definition) is 6. The van der Waals surface area contributed by atoms with Gasteiger partial charge in [-0.2, -0.15) is 0 Å². The Balaban J connectivity index is 1.47. The maximum Gasteiger partial charge on any atom is 0.117 e. The van der Waals surface area contributed by atoms with Crippen molar-refractivity contribution in [2.75, 3.05) is 26.7 Å². The topological polar surface area (TPSA) is 41.7 Å². The summed E-state index contributed by atoms with van der Waals surface area (Å²) in [5.41, 5.74) is 1.13. The quantitative estimate of drug-likeness (QED) is 0.832. The third-order valence-corrected chi connectivity index (χ3v) is 6.27. The van der Waals surface area contributed by atoms with E-state index in [1.165, 1.54) is 5.01 Å². The highest BCUT2D eigenvalue weighted by Gasteiger charge is 2.44. The number of piperidine rings is 1. The maximum atomic E-state index is 5.80. The van der Waals surface area contributed by atoms with Crippen LogP contribution in [0, 0.1) is 12.8 Å². The van der Waals surface area contributed by atoms with Gasteiger partial charge in [0, 0.05) is 49.8 Å². The molecule has 2 aromatic heterocycles. The fraction of sp³-hybridized carbons (Fsp3) is 0.611. The van der Waals surface area contributed by atoms with Crippen LogP contribution in [0.2, 0.25) is 0 Å². The molecule has 2 fully saturated rings. The van der Waals surface area contributed by atoms with Crippen molar-refractivity contribution < 1.29 is 9.15 Å². The maximum absolute atomic E-state index is 5.80. The van der Waals surface area contributed by atoms with Crippen LogP contribution in [0.1, 0.15) is 22.9 Å². The predicted molar refractivity (Wildman–Crippen MR) is 93.9 cm³/mol. The van der Waals surface area contributed by atoms with E-state index in [0.717, 1.165) is 50.6 Å². The molecule has 130 valence electrons. The normalized spacial score (nSPS) is 28.3. The first kappa shape index (κ1) is 16.3. The van der Waals surface area contributed by atoms with Crippen molar-refractivity contribution >= 4 is 11.3 Å². The van der Waals surface area contributed by atoms with E-state index in [4.69, 9.17) is 9.15 Å². The van der Waals surface area contributed by atoms with Crippen LogP contribution in [0.3, 0.4) is 0 Å². The average Bonchev–Trinajstić information content (AvgIpc) is 3.30. The van der Waals surface area contributed by atoms with Crippen LogP contribution < -0.4 is 0 Å². The van der Waals surface area contributed by atoms with E-state index in [1.807, 2.05) is 13.2 Å². The number of hydrogen-bond donors (Lipinski definition) is 0. The number of nitrogens with zero attached hydrogens (tertiary/aromatic N) is 3. The van der Waals surface area contributed by atoms with E-state index in [1.54, 1.807) is 17.6 Å². The standard InChI is InChI=1S/C18H25N3O2S/c1-13-12-24-18(19-13)11-21-6-5-17(22-2)15-9-20(10-16(15)21)8-14-4-3-7-23-14/h3-4,7,12,15-17H,5-6,8-11H2,1-2H3/t15-,16+,17-/m1/s1. The number of aryl methyl sites for hydroxylation is 1. The van der Waals surface area contributed by atoms with Gasteiger partial charge in [0.05, 0.1) is 25.5 Å². The number of furan rings is 1. The largest absolute Gasteiger partial charge is 0.468 e. The second-order valence-corrected chi connectivity index (χ2v) is 7.86. The lowest BCUT2D eigenvalue weighted by molar-refractivity contribution is -0.0245. The third kappa shape index (κ3) is 3.28. The van der Waals surface area contributed by atoms with Gasteiger partial charge in [0.15, 0.2) is 0 Å². The molecule has 5 nitrogen and oxygen atoms in total. The number of rotatable bonds is 5. The minimum absolute atomic E-state index is 0.367. The molecule has 2 aliphatic heterocycles. The molecular formula is C18H25N3O2S. The van der Waals surface area contributed by atoms with Gasteiger partial charge in [-0.25, -0.2) is 4.98 Å². The highest BCUT2D eigenvalue weighted by Crippen LogP contribution is 2.34. The second kappa shape index (κ2) is 6.96. The lowest BCUT2D eigenvalue weighted by Gasteiger charge is -2.40. The van der Waals surface area contributed by atoms with E-state index < -0.39 is 0 Å². The van der Waals surface area contributed by atoms with Crippen LogP contribution in [-0.2, 0) is 17.8 Å². The summed E-state index contributed by atoms with van der Waals surface area (Å²) < 4.78 is 11.3. The van der Waals surface area contributed by atoms with Crippen molar-refractivity contribution in [3.05, 3.63) is 40.2 Å². The molecule has 4 rings (SSSR count). The first-order valence-electron chi connectivity index (χ1n) is 8.65. The van der Waals surface area contributed by atoms with Gasteiger partial charge in [0.1, 0.15) is 10.8 Å². The monoisotopic (exact) mass is 347 g/mol. The summed E-state index contributed by atoms with van der Waals surface area (Å²) >= 11 is 1.78. The number of methoxy groups -OCH3 is 1. The molecule has 0 unspecified atom stereocenters. The van der Waals surface area contributed by atoms with Crippen molar-refractivity contribution in [3.8, 4) is 0 Å². The van der Waals surface area contributed by atoms with Gasteiger partial charge in [0.2, 0.25) is 0 Å².